The van der Waals surface area contributed by atoms with Gasteiger partial charge in [0.05, 0.1) is 4.92 Å². The van der Waals surface area contributed by atoms with Gasteiger partial charge in [-0.1, -0.05) is 18.7 Å². The lowest BCUT2D eigenvalue weighted by Crippen LogP contribution is -2.34. The van der Waals surface area contributed by atoms with E-state index in [-0.39, 0.29) is 16.4 Å². The highest BCUT2D eigenvalue weighted by Crippen LogP contribution is 2.18. The lowest BCUT2D eigenvalue weighted by molar-refractivity contribution is -0.384. The Kier molecular flexibility index (Phi) is 6.40. The molecule has 2 rings (SSSR count). The molecule has 2 aromatic rings. The Morgan fingerprint density at radius 2 is 2.00 bits per heavy atom. The summed E-state index contributed by atoms with van der Waals surface area (Å²) < 4.78 is 5.54. The van der Waals surface area contributed by atoms with Gasteiger partial charge in [-0.25, -0.2) is 0 Å². The lowest BCUT2D eigenvalue weighted by Gasteiger charge is -2.11. The van der Waals surface area contributed by atoms with E-state index in [1.54, 1.807) is 24.3 Å². The third-order valence-corrected chi connectivity index (χ3v) is 3.33. The van der Waals surface area contributed by atoms with Crippen molar-refractivity contribution in [2.45, 2.75) is 6.92 Å². The molecule has 2 N–H and O–H groups in total. The van der Waals surface area contributed by atoms with Crippen LogP contribution < -0.4 is 15.4 Å². The standard InChI is InChI=1S/C18H17N3O4S/c1-12(2)11-25-16-8-4-6-14(10-16)19-18(26)20-17(22)13-5-3-7-15(9-13)21(23)24/h3-10H,1,11H2,2H3,(H2,19,20,22,26). The zero-order valence-corrected chi connectivity index (χ0v) is 14.8. The number of nitro groups is 1. The van der Waals surface area contributed by atoms with Crippen molar-refractivity contribution in [2.24, 2.45) is 0 Å². The molecule has 2 aromatic carbocycles. The first-order valence-corrected chi connectivity index (χ1v) is 8.00. The van der Waals surface area contributed by atoms with Gasteiger partial charge in [0.2, 0.25) is 0 Å². The van der Waals surface area contributed by atoms with Crippen molar-refractivity contribution in [3.8, 4) is 5.75 Å². The summed E-state index contributed by atoms with van der Waals surface area (Å²) in [7, 11) is 0. The molecule has 134 valence electrons. The van der Waals surface area contributed by atoms with Gasteiger partial charge in [-0.15, -0.1) is 0 Å². The van der Waals surface area contributed by atoms with Crippen LogP contribution in [0.2, 0.25) is 0 Å². The quantitative estimate of drug-likeness (QED) is 0.348. The van der Waals surface area contributed by atoms with Crippen molar-refractivity contribution < 1.29 is 14.5 Å². The van der Waals surface area contributed by atoms with Gasteiger partial charge in [0, 0.05) is 29.4 Å². The van der Waals surface area contributed by atoms with Crippen molar-refractivity contribution in [2.75, 3.05) is 11.9 Å². The topological polar surface area (TPSA) is 93.5 Å². The molecule has 0 spiro atoms. The number of rotatable bonds is 6. The van der Waals surface area contributed by atoms with E-state index in [0.717, 1.165) is 5.57 Å². The van der Waals surface area contributed by atoms with Crippen LogP contribution in [0.25, 0.3) is 0 Å². The molecular formula is C18H17N3O4S. The monoisotopic (exact) mass is 371 g/mol. The number of ether oxygens (including phenoxy) is 1. The maximum absolute atomic E-state index is 12.2. The average Bonchev–Trinajstić information content (AvgIpc) is 2.60. The van der Waals surface area contributed by atoms with Crippen LogP contribution in [0, 0.1) is 10.1 Å². The number of thiocarbonyl (C=S) groups is 1. The van der Waals surface area contributed by atoms with E-state index < -0.39 is 10.8 Å². The van der Waals surface area contributed by atoms with E-state index in [1.165, 1.54) is 24.3 Å². The smallest absolute Gasteiger partial charge is 0.270 e. The molecule has 0 saturated carbocycles. The van der Waals surface area contributed by atoms with Gasteiger partial charge >= 0.3 is 0 Å². The number of carbonyl (C=O) groups is 1. The summed E-state index contributed by atoms with van der Waals surface area (Å²) in [5.74, 6) is 0.0895. The van der Waals surface area contributed by atoms with E-state index in [2.05, 4.69) is 17.2 Å². The van der Waals surface area contributed by atoms with Gasteiger partial charge in [0.15, 0.2) is 5.11 Å². The Hall–Kier alpha value is -3.26. The molecule has 0 saturated heterocycles. The molecule has 0 bridgehead atoms. The summed E-state index contributed by atoms with van der Waals surface area (Å²) in [6, 6.07) is 12.5. The number of nitrogens with zero attached hydrogens (tertiary/aromatic N) is 1. The second-order valence-corrected chi connectivity index (χ2v) is 5.90. The summed E-state index contributed by atoms with van der Waals surface area (Å²) in [6.45, 7) is 6.03. The Balaban J connectivity index is 1.99. The molecule has 0 radical (unpaired) electrons. The van der Waals surface area contributed by atoms with Gasteiger partial charge in [0.25, 0.3) is 11.6 Å². The molecule has 7 nitrogen and oxygen atoms in total. The molecule has 1 amide bonds. The highest BCUT2D eigenvalue weighted by Gasteiger charge is 2.12. The highest BCUT2D eigenvalue weighted by molar-refractivity contribution is 7.80. The van der Waals surface area contributed by atoms with Gasteiger partial charge in [-0.05, 0) is 42.9 Å². The molecule has 8 heteroatoms. The first kappa shape index (κ1) is 19.1. The first-order valence-electron chi connectivity index (χ1n) is 7.59. The minimum atomic E-state index is -0.566. The van der Waals surface area contributed by atoms with Crippen molar-refractivity contribution in [1.29, 1.82) is 0 Å². The Bertz CT molecular complexity index is 867. The van der Waals surface area contributed by atoms with Crippen LogP contribution >= 0.6 is 12.2 Å². The summed E-state index contributed by atoms with van der Waals surface area (Å²) in [5.41, 5.74) is 1.50. The van der Waals surface area contributed by atoms with Crippen LogP contribution in [-0.2, 0) is 0 Å². The molecule has 0 fully saturated rings. The summed E-state index contributed by atoms with van der Waals surface area (Å²) in [6.07, 6.45) is 0. The largest absolute Gasteiger partial charge is 0.489 e. The number of nitrogens with one attached hydrogen (secondary N) is 2. The molecule has 0 atom stereocenters. The number of amides is 1. The van der Waals surface area contributed by atoms with Crippen LogP contribution in [0.4, 0.5) is 11.4 Å². The number of benzene rings is 2. The molecule has 0 heterocycles. The van der Waals surface area contributed by atoms with Gasteiger partial charge in [-0.2, -0.15) is 0 Å². The predicted molar refractivity (Wildman–Crippen MR) is 104 cm³/mol. The maximum atomic E-state index is 12.2. The predicted octanol–water partition coefficient (Wildman–Crippen LogP) is 3.68. The number of non-ortho nitro benzene ring substituents is 1. The maximum Gasteiger partial charge on any atom is 0.270 e. The molecule has 0 aliphatic rings. The van der Waals surface area contributed by atoms with Crippen LogP contribution in [0.15, 0.2) is 60.7 Å². The minimum absolute atomic E-state index is 0.0681. The van der Waals surface area contributed by atoms with Crippen LogP contribution in [-0.4, -0.2) is 22.5 Å². The molecule has 0 aliphatic carbocycles. The van der Waals surface area contributed by atoms with Crippen LogP contribution in [0.1, 0.15) is 17.3 Å². The fraction of sp³-hybridized carbons (Fsp3) is 0.111. The van der Waals surface area contributed by atoms with Crippen LogP contribution in [0.5, 0.6) is 5.75 Å². The average molecular weight is 371 g/mol. The molecule has 0 aromatic heterocycles. The van der Waals surface area contributed by atoms with Crippen LogP contribution in [0.3, 0.4) is 0 Å². The number of hydrogen-bond donors (Lipinski definition) is 2. The lowest BCUT2D eigenvalue weighted by atomic mass is 10.2. The zero-order valence-electron chi connectivity index (χ0n) is 14.0. The van der Waals surface area contributed by atoms with E-state index >= 15 is 0 Å². The highest BCUT2D eigenvalue weighted by atomic mass is 32.1. The molecule has 26 heavy (non-hydrogen) atoms. The third kappa shape index (κ3) is 5.67. The number of anilines is 1. The normalized spacial score (nSPS) is 9.88. The second kappa shape index (κ2) is 8.72. The third-order valence-electron chi connectivity index (χ3n) is 3.12. The Labute approximate surface area is 155 Å². The van der Waals surface area contributed by atoms with Gasteiger partial charge < -0.3 is 10.1 Å². The molecular weight excluding hydrogens is 354 g/mol. The Morgan fingerprint density at radius 3 is 2.69 bits per heavy atom. The van der Waals surface area contributed by atoms with E-state index in [4.69, 9.17) is 17.0 Å². The van der Waals surface area contributed by atoms with E-state index in [9.17, 15) is 14.9 Å². The van der Waals surface area contributed by atoms with E-state index in [1.807, 2.05) is 6.92 Å². The fourth-order valence-corrected chi connectivity index (χ4v) is 2.18. The van der Waals surface area contributed by atoms with E-state index in [0.29, 0.717) is 18.0 Å². The van der Waals surface area contributed by atoms with Crippen molar-refractivity contribution in [3.05, 3.63) is 76.4 Å². The van der Waals surface area contributed by atoms with Crippen molar-refractivity contribution in [3.63, 3.8) is 0 Å². The minimum Gasteiger partial charge on any atom is -0.489 e. The summed E-state index contributed by atoms with van der Waals surface area (Å²) >= 11 is 5.11. The fourth-order valence-electron chi connectivity index (χ4n) is 1.97. The Morgan fingerprint density at radius 1 is 1.27 bits per heavy atom. The zero-order chi connectivity index (χ0) is 19.1. The summed E-state index contributed by atoms with van der Waals surface area (Å²) in [4.78, 5) is 22.4. The number of carbonyl (C=O) groups excluding carboxylic acids is 1. The van der Waals surface area contributed by atoms with Gasteiger partial charge in [0.1, 0.15) is 12.4 Å². The molecule has 0 unspecified atom stereocenters. The number of hydrogen-bond acceptors (Lipinski definition) is 5. The molecule has 0 aliphatic heterocycles. The van der Waals surface area contributed by atoms with Crippen molar-refractivity contribution in [1.82, 2.24) is 5.32 Å². The number of nitro benzene ring substituents is 1. The summed E-state index contributed by atoms with van der Waals surface area (Å²) in [5, 5.41) is 16.2. The van der Waals surface area contributed by atoms with Gasteiger partial charge in [-0.3, -0.25) is 20.2 Å². The second-order valence-electron chi connectivity index (χ2n) is 5.49. The van der Waals surface area contributed by atoms with Crippen molar-refractivity contribution >= 4 is 34.6 Å². The first-order chi connectivity index (χ1) is 12.3. The SMILES string of the molecule is C=C(C)COc1cccc(NC(=S)NC(=O)c2cccc([N+](=O)[O-])c2)c1.